The molecule has 0 spiro atoms. The number of carbonyl (C=O) groups is 2. The zero-order valence-corrected chi connectivity index (χ0v) is 26.0. The Hall–Kier alpha value is -3.63. The summed E-state index contributed by atoms with van der Waals surface area (Å²) in [4.78, 5) is 31.5. The molecule has 43 heavy (non-hydrogen) atoms. The zero-order chi connectivity index (χ0) is 31.7. The minimum Gasteiger partial charge on any atom is -0.506 e. The average molecular weight is 597 g/mol. The number of benzene rings is 1. The first-order valence-corrected chi connectivity index (χ1v) is 15.2. The molecule has 1 fully saturated rings. The molecule has 2 aliphatic rings. The van der Waals surface area contributed by atoms with Crippen molar-refractivity contribution in [1.82, 2.24) is 4.90 Å². The van der Waals surface area contributed by atoms with Crippen LogP contribution in [0, 0.1) is 17.8 Å². The molecule has 1 aromatic carbocycles. The number of carbonyl (C=O) groups excluding carboxylic acids is 2. The topological polar surface area (TPSA) is 158 Å². The molecule has 1 aromatic rings. The molecule has 5 atom stereocenters. The number of nitrogens with zero attached hydrogens (tertiary/aromatic N) is 2. The van der Waals surface area contributed by atoms with Gasteiger partial charge in [-0.15, -0.1) is 0 Å². The van der Waals surface area contributed by atoms with Crippen molar-refractivity contribution < 1.29 is 29.6 Å². The number of amides is 2. The summed E-state index contributed by atoms with van der Waals surface area (Å²) >= 11 is 0. The summed E-state index contributed by atoms with van der Waals surface area (Å²) < 4.78 is 5.41. The Kier molecular flexibility index (Phi) is 12.4. The highest BCUT2D eigenvalue weighted by atomic mass is 16.6. The van der Waals surface area contributed by atoms with Crippen LogP contribution < -0.4 is 11.1 Å². The third-order valence-corrected chi connectivity index (χ3v) is 8.29. The maximum atomic E-state index is 13.0. The molecule has 5 unspecified atom stereocenters. The Morgan fingerprint density at radius 2 is 1.86 bits per heavy atom. The fourth-order valence-electron chi connectivity index (χ4n) is 5.65. The van der Waals surface area contributed by atoms with E-state index in [1.807, 2.05) is 33.8 Å². The fourth-order valence-corrected chi connectivity index (χ4v) is 5.65. The van der Waals surface area contributed by atoms with Gasteiger partial charge in [0.25, 0.3) is 5.91 Å². The smallest absolute Gasteiger partial charge is 0.405 e. The summed E-state index contributed by atoms with van der Waals surface area (Å²) in [5.74, 6) is -1.21. The van der Waals surface area contributed by atoms with Crippen LogP contribution in [0.4, 0.5) is 16.2 Å². The number of nitrogens with two attached hydrogens (primary N) is 1. The number of rotatable bonds is 4. The Balaban J connectivity index is 1.99. The van der Waals surface area contributed by atoms with Gasteiger partial charge in [0.15, 0.2) is 0 Å². The van der Waals surface area contributed by atoms with Crippen molar-refractivity contribution in [2.75, 3.05) is 25.0 Å². The first-order chi connectivity index (χ1) is 20.4. The molecule has 2 bridgehead atoms. The molecule has 2 heterocycles. The van der Waals surface area contributed by atoms with Gasteiger partial charge in [-0.3, -0.25) is 14.7 Å². The van der Waals surface area contributed by atoms with Crippen molar-refractivity contribution in [1.29, 1.82) is 0 Å². The number of aromatic hydroxyl groups is 2. The molecule has 1 saturated heterocycles. The lowest BCUT2D eigenvalue weighted by Gasteiger charge is -2.24. The number of hydrogen-bond acceptors (Lipinski definition) is 8. The highest BCUT2D eigenvalue weighted by Gasteiger charge is 2.25. The third-order valence-electron chi connectivity index (χ3n) is 8.29. The minimum absolute atomic E-state index is 0.00888. The van der Waals surface area contributed by atoms with Gasteiger partial charge >= 0.3 is 6.09 Å². The van der Waals surface area contributed by atoms with E-state index in [1.165, 1.54) is 6.07 Å². The first-order valence-electron chi connectivity index (χ1n) is 15.2. The van der Waals surface area contributed by atoms with Crippen LogP contribution in [-0.4, -0.2) is 70.3 Å². The molecular formula is C33H48N4O6. The standard InChI is InChI=1S/C33H48N4O6/c1-20-11-12-27(38)23(4)18-24(5)31(43-33(34)42)21(2)9-8-10-22(3)32(41)36-26-19-28(39)29(25(17-20)30(26)40)35-13-16-37-14-6-7-15-37/h8-10,13,18-21,23,27,31,38-40H,6-7,11-12,14-17H2,1-5H3,(H2,34,42)(H,36,41)/b9-8?,22-10+,24-18?,35-13?. The molecule has 0 saturated carbocycles. The Morgan fingerprint density at radius 3 is 2.53 bits per heavy atom. The highest BCUT2D eigenvalue weighted by molar-refractivity contribution is 6.04. The first kappa shape index (κ1) is 33.9. The maximum Gasteiger partial charge on any atom is 0.405 e. The van der Waals surface area contributed by atoms with Gasteiger partial charge in [-0.2, -0.15) is 0 Å². The number of primary amides is 1. The summed E-state index contributed by atoms with van der Waals surface area (Å²) in [6.45, 7) is 11.9. The quantitative estimate of drug-likeness (QED) is 0.136. The molecule has 236 valence electrons. The van der Waals surface area contributed by atoms with Crippen molar-refractivity contribution in [2.24, 2.45) is 28.5 Å². The van der Waals surface area contributed by atoms with E-state index in [9.17, 15) is 24.9 Å². The molecule has 0 aliphatic carbocycles. The van der Waals surface area contributed by atoms with Crippen LogP contribution in [-0.2, 0) is 16.0 Å². The van der Waals surface area contributed by atoms with Crippen LogP contribution in [0.1, 0.15) is 65.9 Å². The molecule has 2 amide bonds. The predicted octanol–water partition coefficient (Wildman–Crippen LogP) is 5.35. The molecule has 6 N–H and O–H groups in total. The molecule has 0 aromatic heterocycles. The van der Waals surface area contributed by atoms with Crippen LogP contribution in [0.15, 0.2) is 46.5 Å². The van der Waals surface area contributed by atoms with E-state index in [2.05, 4.69) is 15.2 Å². The largest absolute Gasteiger partial charge is 0.506 e. The van der Waals surface area contributed by atoms with Gasteiger partial charge in [0, 0.05) is 41.8 Å². The van der Waals surface area contributed by atoms with Crippen molar-refractivity contribution in [3.05, 3.63) is 47.1 Å². The molecule has 0 radical (unpaired) electrons. The highest BCUT2D eigenvalue weighted by Crippen LogP contribution is 2.44. The van der Waals surface area contributed by atoms with Crippen molar-refractivity contribution >= 4 is 29.6 Å². The Labute approximate surface area is 255 Å². The van der Waals surface area contributed by atoms with Crippen molar-refractivity contribution in [3.8, 4) is 11.5 Å². The van der Waals surface area contributed by atoms with Gasteiger partial charge in [0.2, 0.25) is 0 Å². The van der Waals surface area contributed by atoms with E-state index >= 15 is 0 Å². The van der Waals surface area contributed by atoms with Crippen LogP contribution >= 0.6 is 0 Å². The van der Waals surface area contributed by atoms with E-state index in [0.29, 0.717) is 36.9 Å². The number of ether oxygens (including phenoxy) is 1. The number of nitrogens with one attached hydrogen (secondary N) is 1. The fraction of sp³-hybridized carbons (Fsp3) is 0.545. The minimum atomic E-state index is -0.894. The summed E-state index contributed by atoms with van der Waals surface area (Å²) in [6.07, 6.45) is 10.4. The number of allylic oxidation sites excluding steroid dienone is 2. The average Bonchev–Trinajstić information content (AvgIpc) is 3.47. The van der Waals surface area contributed by atoms with Crippen molar-refractivity contribution in [3.63, 3.8) is 0 Å². The Morgan fingerprint density at radius 1 is 1.16 bits per heavy atom. The molecule has 10 nitrogen and oxygen atoms in total. The lowest BCUT2D eigenvalue weighted by atomic mass is 9.89. The summed E-state index contributed by atoms with van der Waals surface area (Å²) in [7, 11) is 0. The number of aliphatic hydroxyl groups excluding tert-OH is 1. The van der Waals surface area contributed by atoms with Crippen LogP contribution in [0.5, 0.6) is 11.5 Å². The Bertz CT molecular complexity index is 1260. The van der Waals surface area contributed by atoms with E-state index in [0.717, 1.165) is 31.5 Å². The monoisotopic (exact) mass is 596 g/mol. The van der Waals surface area contributed by atoms with Crippen LogP contribution in [0.25, 0.3) is 0 Å². The molecular weight excluding hydrogens is 548 g/mol. The van der Waals surface area contributed by atoms with E-state index in [1.54, 1.807) is 31.4 Å². The van der Waals surface area contributed by atoms with Crippen LogP contribution in [0.2, 0.25) is 0 Å². The van der Waals surface area contributed by atoms with Gasteiger partial charge in [-0.1, -0.05) is 45.1 Å². The predicted molar refractivity (Wildman–Crippen MR) is 170 cm³/mol. The van der Waals surface area contributed by atoms with Gasteiger partial charge in [-0.25, -0.2) is 4.79 Å². The number of aliphatic hydroxyl groups is 1. The number of aliphatic imine (C=N–C) groups is 1. The third kappa shape index (κ3) is 9.69. The number of hydrogen-bond donors (Lipinski definition) is 5. The summed E-state index contributed by atoms with van der Waals surface area (Å²) in [5.41, 5.74) is 7.29. The van der Waals surface area contributed by atoms with Gasteiger partial charge in [-0.05, 0) is 70.5 Å². The number of likely N-dealkylation sites (tertiary alicyclic amines) is 1. The van der Waals surface area contributed by atoms with Crippen LogP contribution in [0.3, 0.4) is 0 Å². The van der Waals surface area contributed by atoms with Gasteiger partial charge < -0.3 is 31.1 Å². The number of phenolic OH excluding ortho intramolecular Hbond substituents is 2. The van der Waals surface area contributed by atoms with Crippen molar-refractivity contribution in [2.45, 2.75) is 78.9 Å². The molecule has 10 heteroatoms. The van der Waals surface area contributed by atoms with E-state index < -0.39 is 24.2 Å². The summed E-state index contributed by atoms with van der Waals surface area (Å²) in [5, 5.41) is 36.0. The SMILES string of the molecule is CC1=CC(C)C(O)CCC(C)Cc2c(O)c(cc(O)c2N=CCN2CCCC2)NC(=O)/C(C)=C/C=CC(C)C1OC(N)=O. The van der Waals surface area contributed by atoms with Gasteiger partial charge in [0.05, 0.1) is 11.8 Å². The lowest BCUT2D eigenvalue weighted by Crippen LogP contribution is -2.29. The molecule has 3 rings (SSSR count). The normalized spacial score (nSPS) is 27.9. The number of fused-ring (bicyclic) bond motifs is 2. The molecule has 2 aliphatic heterocycles. The lowest BCUT2D eigenvalue weighted by molar-refractivity contribution is -0.112. The van der Waals surface area contributed by atoms with Gasteiger partial charge in [0.1, 0.15) is 23.3 Å². The zero-order valence-electron chi connectivity index (χ0n) is 26.0. The maximum absolute atomic E-state index is 13.0. The number of anilines is 1. The summed E-state index contributed by atoms with van der Waals surface area (Å²) in [6, 6.07) is 1.32. The second-order valence-corrected chi connectivity index (χ2v) is 12.1. The second kappa shape index (κ2) is 15.7. The number of phenols is 2. The second-order valence-electron chi connectivity index (χ2n) is 12.1. The van der Waals surface area contributed by atoms with E-state index in [-0.39, 0.29) is 40.6 Å². The van der Waals surface area contributed by atoms with E-state index in [4.69, 9.17) is 10.5 Å².